The normalized spacial score (nSPS) is 36.1. The maximum atomic E-state index is 11.7. The quantitative estimate of drug-likeness (QED) is 0.371. The Balaban J connectivity index is 1.79. The zero-order chi connectivity index (χ0) is 19.6. The topological polar surface area (TPSA) is 170 Å². The van der Waals surface area contributed by atoms with Crippen molar-refractivity contribution in [2.24, 2.45) is 0 Å². The van der Waals surface area contributed by atoms with Crippen LogP contribution in [-0.4, -0.2) is 68.0 Å². The van der Waals surface area contributed by atoms with Crippen LogP contribution in [-0.2, 0) is 18.3 Å². The molecule has 5 N–H and O–H groups in total. The van der Waals surface area contributed by atoms with Crippen LogP contribution in [0.1, 0.15) is 13.2 Å². The van der Waals surface area contributed by atoms with Crippen LogP contribution in [0, 0.1) is 0 Å². The number of phosphoric acid groups is 1. The molecular formula is C13H20N7O6P. The van der Waals surface area contributed by atoms with Crippen molar-refractivity contribution in [1.82, 2.24) is 24.9 Å². The highest BCUT2D eigenvalue weighted by atomic mass is 31.2. The Kier molecular flexibility index (Phi) is 4.16. The van der Waals surface area contributed by atoms with Gasteiger partial charge in [0.1, 0.15) is 17.8 Å². The number of aliphatic hydroxyl groups is 1. The van der Waals surface area contributed by atoms with E-state index in [0.29, 0.717) is 17.0 Å². The van der Waals surface area contributed by atoms with E-state index in [1.54, 1.807) is 19.1 Å². The number of imidazole rings is 1. The first-order valence-corrected chi connectivity index (χ1v) is 9.58. The van der Waals surface area contributed by atoms with E-state index >= 15 is 0 Å². The average Bonchev–Trinajstić information content (AvgIpc) is 3.11. The minimum Gasteiger partial charge on any atom is -0.383 e. The van der Waals surface area contributed by atoms with E-state index in [1.807, 2.05) is 0 Å². The van der Waals surface area contributed by atoms with Crippen LogP contribution in [0.2, 0.25) is 0 Å². The van der Waals surface area contributed by atoms with Gasteiger partial charge < -0.3 is 20.5 Å². The predicted octanol–water partition coefficient (Wildman–Crippen LogP) is -0.857. The second kappa shape index (κ2) is 6.07. The van der Waals surface area contributed by atoms with Gasteiger partial charge in [0.15, 0.2) is 23.2 Å². The summed E-state index contributed by atoms with van der Waals surface area (Å²) >= 11 is 0. The first-order chi connectivity index (χ1) is 12.6. The molecule has 4 rings (SSSR count). The summed E-state index contributed by atoms with van der Waals surface area (Å²) in [5.74, 6) is 0.448. The number of nitrogens with zero attached hydrogens (tertiary/aromatic N) is 5. The van der Waals surface area contributed by atoms with Crippen molar-refractivity contribution in [1.29, 1.82) is 0 Å². The molecular weight excluding hydrogens is 381 g/mol. The minimum atomic E-state index is -4.25. The number of fused-ring (bicyclic) bond motifs is 2. The summed E-state index contributed by atoms with van der Waals surface area (Å²) in [7, 11) is -0.800. The fourth-order valence-corrected chi connectivity index (χ4v) is 4.34. The van der Waals surface area contributed by atoms with Gasteiger partial charge in [-0.2, -0.15) is 9.97 Å². The van der Waals surface area contributed by atoms with E-state index in [1.165, 1.54) is 17.8 Å². The van der Waals surface area contributed by atoms with E-state index in [2.05, 4.69) is 20.4 Å². The number of phosphoric ester groups is 1. The van der Waals surface area contributed by atoms with Gasteiger partial charge in [0.25, 0.3) is 0 Å². The largest absolute Gasteiger partial charge is 0.472 e. The summed E-state index contributed by atoms with van der Waals surface area (Å²) in [5, 5.41) is 12.6. The van der Waals surface area contributed by atoms with Crippen LogP contribution < -0.4 is 16.2 Å². The van der Waals surface area contributed by atoms with Crippen molar-refractivity contribution in [3.63, 3.8) is 0 Å². The third-order valence-electron chi connectivity index (χ3n) is 4.69. The lowest BCUT2D eigenvalue weighted by atomic mass is 9.96. The molecule has 0 spiro atoms. The van der Waals surface area contributed by atoms with Crippen LogP contribution in [0.25, 0.3) is 11.2 Å². The summed E-state index contributed by atoms with van der Waals surface area (Å²) in [4.78, 5) is 22.3. The molecule has 0 amide bonds. The average molecular weight is 401 g/mol. The molecule has 13 nitrogen and oxygen atoms in total. The SMILES string of the molecule is CNN(C)c1nc(N)nc2c1ncn2[C@@H]1O[C@@H]2COP(=O)(O)OC2[C@]1(C)O. The van der Waals surface area contributed by atoms with Gasteiger partial charge in [-0.3, -0.25) is 18.6 Å². The van der Waals surface area contributed by atoms with Crippen LogP contribution in [0.15, 0.2) is 6.33 Å². The molecule has 2 saturated heterocycles. The first-order valence-electron chi connectivity index (χ1n) is 8.09. The molecule has 148 valence electrons. The Morgan fingerprint density at radius 2 is 2.26 bits per heavy atom. The van der Waals surface area contributed by atoms with Gasteiger partial charge in [-0.15, -0.1) is 0 Å². The van der Waals surface area contributed by atoms with Crippen LogP contribution in [0.4, 0.5) is 11.8 Å². The number of anilines is 2. The summed E-state index contributed by atoms with van der Waals surface area (Å²) in [5.41, 5.74) is 7.84. The lowest BCUT2D eigenvalue weighted by Gasteiger charge is -2.33. The second-order valence-electron chi connectivity index (χ2n) is 6.56. The number of hydrogen-bond donors (Lipinski definition) is 4. The number of hydrazine groups is 1. The Morgan fingerprint density at radius 3 is 2.96 bits per heavy atom. The molecule has 2 aromatic rings. The van der Waals surface area contributed by atoms with Crippen molar-refractivity contribution in [3.8, 4) is 0 Å². The van der Waals surface area contributed by atoms with E-state index in [-0.39, 0.29) is 12.6 Å². The maximum Gasteiger partial charge on any atom is 0.472 e. The van der Waals surface area contributed by atoms with Crippen molar-refractivity contribution >= 4 is 30.8 Å². The fraction of sp³-hybridized carbons (Fsp3) is 0.615. The number of hydrogen-bond acceptors (Lipinski definition) is 11. The number of nitrogens with two attached hydrogens (primary N) is 1. The molecule has 0 aromatic carbocycles. The molecule has 4 heterocycles. The summed E-state index contributed by atoms with van der Waals surface area (Å²) in [6, 6.07) is 0. The van der Waals surface area contributed by atoms with Crippen LogP contribution in [0.5, 0.6) is 0 Å². The minimum absolute atomic E-state index is 0.0100. The van der Waals surface area contributed by atoms with Gasteiger partial charge in [0, 0.05) is 14.1 Å². The Labute approximate surface area is 153 Å². The molecule has 2 fully saturated rings. The zero-order valence-electron chi connectivity index (χ0n) is 14.8. The van der Waals surface area contributed by atoms with E-state index < -0.39 is 31.9 Å². The number of rotatable bonds is 3. The molecule has 2 aliphatic rings. The van der Waals surface area contributed by atoms with Crippen LogP contribution >= 0.6 is 7.82 Å². The van der Waals surface area contributed by atoms with Crippen molar-refractivity contribution in [3.05, 3.63) is 6.33 Å². The van der Waals surface area contributed by atoms with E-state index in [0.717, 1.165) is 0 Å². The van der Waals surface area contributed by atoms with Gasteiger partial charge in [-0.1, -0.05) is 0 Å². The predicted molar refractivity (Wildman–Crippen MR) is 92.4 cm³/mol. The second-order valence-corrected chi connectivity index (χ2v) is 7.96. The highest BCUT2D eigenvalue weighted by molar-refractivity contribution is 7.47. The van der Waals surface area contributed by atoms with Gasteiger partial charge in [0.2, 0.25) is 5.95 Å². The highest BCUT2D eigenvalue weighted by Gasteiger charge is 2.59. The standard InChI is InChI=1S/C13H20N7O6P/c1-13(21)8-6(4-24-27(22,23)26-8)25-11(13)20-5-16-7-9(19(3)15-2)17-12(14)18-10(7)20/h5-6,8,11,15,21H,4H2,1-3H3,(H,22,23)(H2,14,17,18)/t6-,8?,11-,13+/m1/s1. The molecule has 0 aliphatic carbocycles. The van der Waals surface area contributed by atoms with Crippen LogP contribution in [0.3, 0.4) is 0 Å². The Bertz CT molecular complexity index is 935. The van der Waals surface area contributed by atoms with Gasteiger partial charge >= 0.3 is 7.82 Å². The molecule has 2 aliphatic heterocycles. The number of aromatic nitrogens is 4. The van der Waals surface area contributed by atoms with Gasteiger partial charge in [-0.25, -0.2) is 15.0 Å². The summed E-state index contributed by atoms with van der Waals surface area (Å²) in [6.07, 6.45) is -1.37. The summed E-state index contributed by atoms with van der Waals surface area (Å²) < 4.78 is 28.9. The highest BCUT2D eigenvalue weighted by Crippen LogP contribution is 2.55. The smallest absolute Gasteiger partial charge is 0.383 e. The van der Waals surface area contributed by atoms with Gasteiger partial charge in [-0.05, 0) is 6.92 Å². The Morgan fingerprint density at radius 1 is 1.52 bits per heavy atom. The number of ether oxygens (including phenoxy) is 1. The summed E-state index contributed by atoms with van der Waals surface area (Å²) in [6.45, 7) is 1.26. The monoisotopic (exact) mass is 401 g/mol. The van der Waals surface area contributed by atoms with Crippen molar-refractivity contribution < 1.29 is 28.3 Å². The fourth-order valence-electron chi connectivity index (χ4n) is 3.31. The molecule has 2 aromatic heterocycles. The third-order valence-corrected chi connectivity index (χ3v) is 5.66. The maximum absolute atomic E-state index is 11.7. The lowest BCUT2D eigenvalue weighted by molar-refractivity contribution is -0.0900. The molecule has 27 heavy (non-hydrogen) atoms. The van der Waals surface area contributed by atoms with E-state index in [9.17, 15) is 14.6 Å². The molecule has 14 heteroatoms. The number of nitrogen functional groups attached to an aromatic ring is 1. The molecule has 0 bridgehead atoms. The van der Waals surface area contributed by atoms with Crippen molar-refractivity contribution in [2.45, 2.75) is 31.0 Å². The first kappa shape index (κ1) is 18.5. The molecule has 2 unspecified atom stereocenters. The molecule has 0 radical (unpaired) electrons. The zero-order valence-corrected chi connectivity index (χ0v) is 15.7. The molecule has 5 atom stereocenters. The number of nitrogens with one attached hydrogen (secondary N) is 1. The third kappa shape index (κ3) is 2.88. The van der Waals surface area contributed by atoms with Gasteiger partial charge in [0.05, 0.1) is 12.9 Å². The lowest BCUT2D eigenvalue weighted by Crippen LogP contribution is -2.47. The molecule has 0 saturated carbocycles. The Hall–Kier alpha value is -1.86. The van der Waals surface area contributed by atoms with E-state index in [4.69, 9.17) is 19.5 Å². The van der Waals surface area contributed by atoms with Crippen molar-refractivity contribution in [2.75, 3.05) is 31.4 Å².